The van der Waals surface area contributed by atoms with E-state index in [0.29, 0.717) is 6.04 Å². The van der Waals surface area contributed by atoms with Gasteiger partial charge in [-0.2, -0.15) is 0 Å². The second-order valence-electron chi connectivity index (χ2n) is 3.10. The average molecular weight is 125 g/mol. The Morgan fingerprint density at radius 2 is 2.22 bits per heavy atom. The zero-order valence-electron chi connectivity index (χ0n) is 6.28. The molecule has 1 heterocycles. The van der Waals surface area contributed by atoms with Crippen LogP contribution in [0.5, 0.6) is 0 Å². The van der Waals surface area contributed by atoms with Gasteiger partial charge in [0.25, 0.3) is 0 Å². The van der Waals surface area contributed by atoms with E-state index in [0.717, 1.165) is 12.5 Å². The molecule has 0 aromatic carbocycles. The molecule has 0 saturated carbocycles. The van der Waals surface area contributed by atoms with Crippen molar-refractivity contribution in [2.24, 2.45) is 5.92 Å². The molecule has 0 aliphatic carbocycles. The van der Waals surface area contributed by atoms with Crippen molar-refractivity contribution in [2.75, 3.05) is 6.54 Å². The molecular weight excluding hydrogens is 110 g/mol. The lowest BCUT2D eigenvalue weighted by atomic mass is 9.92. The third kappa shape index (κ3) is 1.55. The van der Waals surface area contributed by atoms with Crippen molar-refractivity contribution in [3.63, 3.8) is 0 Å². The Balaban J connectivity index is 2.44. The van der Waals surface area contributed by atoms with Gasteiger partial charge in [-0.1, -0.05) is 19.1 Å². The minimum atomic E-state index is 0.676. The van der Waals surface area contributed by atoms with Crippen LogP contribution >= 0.6 is 0 Å². The number of nitrogens with one attached hydrogen (secondary N) is 1. The number of piperidine rings is 1. The van der Waals surface area contributed by atoms with Gasteiger partial charge in [-0.3, -0.25) is 0 Å². The maximum Gasteiger partial charge on any atom is 0.0164 e. The highest BCUT2D eigenvalue weighted by atomic mass is 14.9. The topological polar surface area (TPSA) is 12.0 Å². The molecule has 0 spiro atoms. The second-order valence-corrected chi connectivity index (χ2v) is 3.10. The summed E-state index contributed by atoms with van der Waals surface area (Å²) in [7, 11) is 0. The van der Waals surface area contributed by atoms with E-state index in [1.807, 2.05) is 0 Å². The van der Waals surface area contributed by atoms with Gasteiger partial charge in [-0.05, 0) is 19.3 Å². The summed E-state index contributed by atoms with van der Waals surface area (Å²) >= 11 is 0. The molecule has 0 radical (unpaired) electrons. The summed E-state index contributed by atoms with van der Waals surface area (Å²) in [6.07, 6.45) is 1.20. The Morgan fingerprint density at radius 1 is 1.56 bits per heavy atom. The summed E-state index contributed by atoms with van der Waals surface area (Å²) in [4.78, 5) is 0. The van der Waals surface area contributed by atoms with Crippen LogP contribution in [-0.2, 0) is 0 Å². The fourth-order valence-corrected chi connectivity index (χ4v) is 1.21. The number of hydrogen-bond donors (Lipinski definition) is 1. The molecule has 0 aromatic rings. The molecule has 1 rings (SSSR count). The van der Waals surface area contributed by atoms with Gasteiger partial charge in [-0.25, -0.2) is 0 Å². The number of hydrogen-bond acceptors (Lipinski definition) is 1. The smallest absolute Gasteiger partial charge is 0.0164 e. The van der Waals surface area contributed by atoms with Crippen molar-refractivity contribution >= 4 is 0 Å². The molecule has 1 nitrogen and oxygen atoms in total. The van der Waals surface area contributed by atoms with Crippen molar-refractivity contribution in [1.29, 1.82) is 0 Å². The van der Waals surface area contributed by atoms with Gasteiger partial charge in [0.2, 0.25) is 0 Å². The zero-order chi connectivity index (χ0) is 6.85. The van der Waals surface area contributed by atoms with Gasteiger partial charge in [0, 0.05) is 12.6 Å². The Morgan fingerprint density at radius 3 is 2.67 bits per heavy atom. The fourth-order valence-electron chi connectivity index (χ4n) is 1.21. The normalized spacial score (nSPS) is 36.9. The lowest BCUT2D eigenvalue weighted by Crippen LogP contribution is -2.38. The zero-order valence-corrected chi connectivity index (χ0v) is 6.28. The van der Waals surface area contributed by atoms with E-state index < -0.39 is 0 Å². The van der Waals surface area contributed by atoms with E-state index >= 15 is 0 Å². The van der Waals surface area contributed by atoms with E-state index in [1.165, 1.54) is 12.0 Å². The third-order valence-electron chi connectivity index (χ3n) is 2.14. The van der Waals surface area contributed by atoms with E-state index in [1.54, 1.807) is 0 Å². The highest BCUT2D eigenvalue weighted by Crippen LogP contribution is 2.17. The molecule has 2 atom stereocenters. The molecule has 0 amide bonds. The molecule has 0 aromatic heterocycles. The maximum absolute atomic E-state index is 3.94. The van der Waals surface area contributed by atoms with Crippen LogP contribution in [0.25, 0.3) is 0 Å². The Hall–Kier alpha value is -0.300. The molecule has 1 aliphatic rings. The average Bonchev–Trinajstić information content (AvgIpc) is 1.80. The SMILES string of the molecule is C=C1CNC(C)C(C)C1. The molecule has 52 valence electrons. The molecule has 1 N–H and O–H groups in total. The lowest BCUT2D eigenvalue weighted by molar-refractivity contribution is 0.368. The Bertz CT molecular complexity index is 118. The molecular formula is C8H15N. The molecule has 1 aliphatic heterocycles. The van der Waals surface area contributed by atoms with Gasteiger partial charge in [0.05, 0.1) is 0 Å². The van der Waals surface area contributed by atoms with E-state index in [-0.39, 0.29) is 0 Å². The van der Waals surface area contributed by atoms with Crippen LogP contribution in [0.3, 0.4) is 0 Å². The van der Waals surface area contributed by atoms with Crippen molar-refractivity contribution in [2.45, 2.75) is 26.3 Å². The molecule has 2 unspecified atom stereocenters. The standard InChI is InChI=1S/C8H15N/c1-6-4-7(2)8(3)9-5-6/h7-9H,1,4-5H2,2-3H3. The summed E-state index contributed by atoms with van der Waals surface area (Å²) in [6.45, 7) is 9.46. The first-order chi connectivity index (χ1) is 4.20. The predicted molar refractivity (Wildman–Crippen MR) is 40.4 cm³/mol. The predicted octanol–water partition coefficient (Wildman–Crippen LogP) is 1.56. The van der Waals surface area contributed by atoms with Crippen molar-refractivity contribution in [3.8, 4) is 0 Å². The Labute approximate surface area is 57.1 Å². The van der Waals surface area contributed by atoms with Crippen LogP contribution in [0, 0.1) is 5.92 Å². The first kappa shape index (κ1) is 6.81. The molecule has 1 heteroatoms. The third-order valence-corrected chi connectivity index (χ3v) is 2.14. The minimum absolute atomic E-state index is 0.676. The van der Waals surface area contributed by atoms with Gasteiger partial charge < -0.3 is 5.32 Å². The van der Waals surface area contributed by atoms with Crippen molar-refractivity contribution in [1.82, 2.24) is 5.32 Å². The van der Waals surface area contributed by atoms with Gasteiger partial charge in [0.1, 0.15) is 0 Å². The number of rotatable bonds is 0. The molecule has 9 heavy (non-hydrogen) atoms. The quantitative estimate of drug-likeness (QED) is 0.484. The van der Waals surface area contributed by atoms with Crippen LogP contribution in [0.1, 0.15) is 20.3 Å². The fraction of sp³-hybridized carbons (Fsp3) is 0.750. The summed E-state index contributed by atoms with van der Waals surface area (Å²) in [5.74, 6) is 0.770. The first-order valence-corrected chi connectivity index (χ1v) is 3.60. The summed E-state index contributed by atoms with van der Waals surface area (Å²) in [6, 6.07) is 0.676. The summed E-state index contributed by atoms with van der Waals surface area (Å²) in [5.41, 5.74) is 1.35. The van der Waals surface area contributed by atoms with Gasteiger partial charge >= 0.3 is 0 Å². The van der Waals surface area contributed by atoms with Crippen LogP contribution < -0.4 is 5.32 Å². The van der Waals surface area contributed by atoms with E-state index in [2.05, 4.69) is 25.7 Å². The van der Waals surface area contributed by atoms with Gasteiger partial charge in [0.15, 0.2) is 0 Å². The van der Waals surface area contributed by atoms with Crippen LogP contribution in [0.2, 0.25) is 0 Å². The first-order valence-electron chi connectivity index (χ1n) is 3.60. The van der Waals surface area contributed by atoms with E-state index in [4.69, 9.17) is 0 Å². The van der Waals surface area contributed by atoms with Crippen LogP contribution in [0.15, 0.2) is 12.2 Å². The highest BCUT2D eigenvalue weighted by Gasteiger charge is 2.17. The van der Waals surface area contributed by atoms with E-state index in [9.17, 15) is 0 Å². The minimum Gasteiger partial charge on any atom is -0.310 e. The second kappa shape index (κ2) is 2.53. The van der Waals surface area contributed by atoms with Crippen LogP contribution in [-0.4, -0.2) is 12.6 Å². The van der Waals surface area contributed by atoms with Gasteiger partial charge in [-0.15, -0.1) is 0 Å². The van der Waals surface area contributed by atoms with Crippen molar-refractivity contribution < 1.29 is 0 Å². The monoisotopic (exact) mass is 125 g/mol. The summed E-state index contributed by atoms with van der Waals surface area (Å²) in [5, 5.41) is 3.38. The molecule has 0 bridgehead atoms. The lowest BCUT2D eigenvalue weighted by Gasteiger charge is -2.28. The largest absolute Gasteiger partial charge is 0.310 e. The Kier molecular flexibility index (Phi) is 1.91. The van der Waals surface area contributed by atoms with Crippen LogP contribution in [0.4, 0.5) is 0 Å². The summed E-state index contributed by atoms with van der Waals surface area (Å²) < 4.78 is 0. The molecule has 1 saturated heterocycles. The highest BCUT2D eigenvalue weighted by molar-refractivity contribution is 5.03. The van der Waals surface area contributed by atoms with Crippen molar-refractivity contribution in [3.05, 3.63) is 12.2 Å². The molecule has 1 fully saturated rings. The maximum atomic E-state index is 3.94.